The molecule has 1 aliphatic heterocycles. The number of anilines is 2. The summed E-state index contributed by atoms with van der Waals surface area (Å²) in [7, 11) is 0. The van der Waals surface area contributed by atoms with Gasteiger partial charge in [-0.05, 0) is 67.8 Å². The molecule has 0 radical (unpaired) electrons. The second-order valence-corrected chi connectivity index (χ2v) is 13.1. The first-order valence-electron chi connectivity index (χ1n) is 14.4. The molecule has 1 amide bonds. The lowest BCUT2D eigenvalue weighted by atomic mass is 9.94. The van der Waals surface area contributed by atoms with Gasteiger partial charge in [-0.1, -0.05) is 106 Å². The van der Waals surface area contributed by atoms with Gasteiger partial charge in [0, 0.05) is 32.2 Å². The van der Waals surface area contributed by atoms with Crippen LogP contribution >= 0.6 is 39.3 Å². The molecule has 0 saturated carbocycles. The zero-order valence-corrected chi connectivity index (χ0v) is 28.1. The van der Waals surface area contributed by atoms with Gasteiger partial charge >= 0.3 is 0 Å². The lowest BCUT2D eigenvalue weighted by Crippen LogP contribution is -2.32. The summed E-state index contributed by atoms with van der Waals surface area (Å²) in [5, 5.41) is 12.6. The zero-order chi connectivity index (χ0) is 31.5. The minimum atomic E-state index is -0.627. The number of hydrogen-bond donors (Lipinski definition) is 2. The van der Waals surface area contributed by atoms with Gasteiger partial charge < -0.3 is 15.4 Å². The molecule has 1 atom stereocenters. The van der Waals surface area contributed by atoms with E-state index in [-0.39, 0.29) is 5.91 Å². The van der Waals surface area contributed by atoms with Crippen molar-refractivity contribution in [1.29, 1.82) is 0 Å². The van der Waals surface area contributed by atoms with E-state index in [1.165, 1.54) is 17.3 Å². The Morgan fingerprint density at radius 3 is 2.56 bits per heavy atom. The topological polar surface area (TPSA) is 81.1 Å². The van der Waals surface area contributed by atoms with Crippen molar-refractivity contribution in [1.82, 2.24) is 14.8 Å². The number of carbonyl (C=O) groups excluding carboxylic acids is 1. The summed E-state index contributed by atoms with van der Waals surface area (Å²) < 4.78 is 9.06. The molecule has 0 fully saturated rings. The van der Waals surface area contributed by atoms with Crippen molar-refractivity contribution in [2.75, 3.05) is 10.6 Å². The van der Waals surface area contributed by atoms with Crippen LogP contribution in [0.1, 0.15) is 40.8 Å². The highest BCUT2D eigenvalue weighted by atomic mass is 79.9. The Kier molecular flexibility index (Phi) is 9.30. The van der Waals surface area contributed by atoms with Crippen LogP contribution in [-0.2, 0) is 17.2 Å². The van der Waals surface area contributed by atoms with E-state index >= 15 is 0 Å². The number of nitrogens with one attached hydrogen (secondary N) is 2. The molecule has 0 aliphatic carbocycles. The molecule has 228 valence electrons. The molecule has 2 heterocycles. The fourth-order valence-electron chi connectivity index (χ4n) is 5.14. The van der Waals surface area contributed by atoms with E-state index in [4.69, 9.17) is 26.4 Å². The normalized spacial score (nSPS) is 14.1. The third kappa shape index (κ3) is 6.96. The monoisotopic (exact) mass is 699 g/mol. The molecule has 4 aromatic carbocycles. The highest BCUT2D eigenvalue weighted by Crippen LogP contribution is 2.42. The van der Waals surface area contributed by atoms with Crippen molar-refractivity contribution >= 4 is 56.8 Å². The fraction of sp³-hybridized carbons (Fsp3) is 0.171. The van der Waals surface area contributed by atoms with Crippen LogP contribution in [0.25, 0.3) is 0 Å². The van der Waals surface area contributed by atoms with Crippen LogP contribution in [0.4, 0.5) is 11.6 Å². The molecule has 6 rings (SSSR count). The molecular weight excluding hydrogens is 670 g/mol. The third-order valence-corrected chi connectivity index (χ3v) is 9.32. The number of para-hydroxylation sites is 1. The minimum absolute atomic E-state index is 0.241. The molecule has 1 aromatic heterocycles. The number of halogens is 2. The van der Waals surface area contributed by atoms with Crippen molar-refractivity contribution in [3.8, 4) is 5.75 Å². The largest absolute Gasteiger partial charge is 0.489 e. The smallest absolute Gasteiger partial charge is 0.255 e. The number of amides is 1. The van der Waals surface area contributed by atoms with Gasteiger partial charge in [0.15, 0.2) is 0 Å². The predicted octanol–water partition coefficient (Wildman–Crippen LogP) is 9.11. The van der Waals surface area contributed by atoms with E-state index in [0.29, 0.717) is 45.5 Å². The van der Waals surface area contributed by atoms with Crippen molar-refractivity contribution in [2.24, 2.45) is 0 Å². The molecule has 7 nitrogen and oxygen atoms in total. The number of aromatic nitrogens is 3. The van der Waals surface area contributed by atoms with Crippen LogP contribution in [0.15, 0.2) is 112 Å². The molecule has 10 heteroatoms. The first-order valence-corrected chi connectivity index (χ1v) is 16.6. The number of nitrogens with zero attached hydrogens (tertiary/aromatic N) is 3. The Morgan fingerprint density at radius 2 is 1.78 bits per heavy atom. The van der Waals surface area contributed by atoms with E-state index in [0.717, 1.165) is 32.4 Å². The molecule has 0 bridgehead atoms. The number of hydrogen-bond acceptors (Lipinski definition) is 6. The van der Waals surface area contributed by atoms with Gasteiger partial charge in [0.2, 0.25) is 11.1 Å². The lowest BCUT2D eigenvalue weighted by molar-refractivity contribution is -0.113. The standard InChI is InChI=1S/C35H31BrClN5O2S/c1-21-12-14-24(15-13-21)19-44-30-17-16-26(36)18-27(30)32-31(33(43)39-29-11-7-4-8-22(29)2)23(3)38-34-40-35(41-42(32)34)45-20-25-9-5-6-10-28(25)37/h4-18,32H,19-20H2,1-3H3,(H,39,43)(H,38,40,41). The Morgan fingerprint density at radius 1 is 1.02 bits per heavy atom. The Hall–Kier alpha value is -4.05. The van der Waals surface area contributed by atoms with Crippen LogP contribution < -0.4 is 15.4 Å². The van der Waals surface area contributed by atoms with Crippen molar-refractivity contribution in [2.45, 2.75) is 44.3 Å². The number of rotatable bonds is 9. The maximum Gasteiger partial charge on any atom is 0.255 e. The fourth-order valence-corrected chi connectivity index (χ4v) is 6.64. The maximum absolute atomic E-state index is 14.1. The third-order valence-electron chi connectivity index (χ3n) is 7.57. The van der Waals surface area contributed by atoms with Crippen LogP contribution in [0.5, 0.6) is 5.75 Å². The van der Waals surface area contributed by atoms with Crippen LogP contribution in [0.3, 0.4) is 0 Å². The summed E-state index contributed by atoms with van der Waals surface area (Å²) in [4.78, 5) is 19.0. The average Bonchev–Trinajstić information content (AvgIpc) is 3.43. The summed E-state index contributed by atoms with van der Waals surface area (Å²) in [6, 6.07) is 28.9. The average molecular weight is 701 g/mol. The molecule has 45 heavy (non-hydrogen) atoms. The number of aryl methyl sites for hydroxylation is 2. The van der Waals surface area contributed by atoms with E-state index in [2.05, 4.69) is 57.8 Å². The van der Waals surface area contributed by atoms with Crippen LogP contribution in [0.2, 0.25) is 5.02 Å². The number of carbonyl (C=O) groups is 1. The Labute approximate surface area is 280 Å². The van der Waals surface area contributed by atoms with Crippen LogP contribution in [-0.4, -0.2) is 20.7 Å². The predicted molar refractivity (Wildman–Crippen MR) is 185 cm³/mol. The summed E-state index contributed by atoms with van der Waals surface area (Å²) in [5.74, 6) is 1.54. The molecule has 5 aromatic rings. The number of ether oxygens (including phenoxy) is 1. The van der Waals surface area contributed by atoms with Crippen molar-refractivity contribution < 1.29 is 9.53 Å². The first kappa shape index (κ1) is 31.0. The number of benzene rings is 4. The van der Waals surface area contributed by atoms with Gasteiger partial charge in [-0.2, -0.15) is 4.98 Å². The lowest BCUT2D eigenvalue weighted by Gasteiger charge is -2.30. The SMILES string of the molecule is CC1=C(C(=O)Nc2ccccc2C)C(c2cc(Br)ccc2OCc2ccc(C)cc2)n2nc(SCc3ccccc3Cl)nc2N1. The second-order valence-electron chi connectivity index (χ2n) is 10.8. The van der Waals surface area contributed by atoms with E-state index in [1.54, 1.807) is 4.68 Å². The minimum Gasteiger partial charge on any atom is -0.489 e. The molecule has 2 N–H and O–H groups in total. The highest BCUT2D eigenvalue weighted by Gasteiger charge is 2.36. The van der Waals surface area contributed by atoms with E-state index < -0.39 is 6.04 Å². The van der Waals surface area contributed by atoms with Crippen molar-refractivity contribution in [3.63, 3.8) is 0 Å². The summed E-state index contributed by atoms with van der Waals surface area (Å²) in [6.45, 7) is 6.29. The molecule has 1 unspecified atom stereocenters. The number of thioether (sulfide) groups is 1. The summed E-state index contributed by atoms with van der Waals surface area (Å²) >= 11 is 11.6. The summed E-state index contributed by atoms with van der Waals surface area (Å²) in [6.07, 6.45) is 0. The van der Waals surface area contributed by atoms with Gasteiger partial charge in [-0.25, -0.2) is 4.68 Å². The van der Waals surface area contributed by atoms with Gasteiger partial charge in [-0.15, -0.1) is 5.10 Å². The first-order chi connectivity index (χ1) is 21.8. The number of fused-ring (bicyclic) bond motifs is 1. The zero-order valence-electron chi connectivity index (χ0n) is 25.0. The molecule has 0 saturated heterocycles. The Balaban J connectivity index is 1.40. The maximum atomic E-state index is 14.1. The van der Waals surface area contributed by atoms with Gasteiger partial charge in [0.05, 0.1) is 5.57 Å². The Bertz CT molecular complexity index is 1910. The quantitative estimate of drug-likeness (QED) is 0.149. The second kappa shape index (κ2) is 13.5. The van der Waals surface area contributed by atoms with Crippen molar-refractivity contribution in [3.05, 3.63) is 140 Å². The van der Waals surface area contributed by atoms with Gasteiger partial charge in [0.1, 0.15) is 18.4 Å². The van der Waals surface area contributed by atoms with E-state index in [1.807, 2.05) is 80.6 Å². The van der Waals surface area contributed by atoms with Gasteiger partial charge in [-0.3, -0.25) is 4.79 Å². The summed E-state index contributed by atoms with van der Waals surface area (Å²) in [5.41, 5.74) is 6.90. The molecular formula is C35H31BrClN5O2S. The molecule has 0 spiro atoms. The number of allylic oxidation sites excluding steroid dienone is 1. The van der Waals surface area contributed by atoms with Crippen LogP contribution in [0, 0.1) is 13.8 Å². The van der Waals surface area contributed by atoms with E-state index in [9.17, 15) is 4.79 Å². The highest BCUT2D eigenvalue weighted by molar-refractivity contribution is 9.10. The van der Waals surface area contributed by atoms with Gasteiger partial charge in [0.25, 0.3) is 5.91 Å². The molecule has 1 aliphatic rings.